The van der Waals surface area contributed by atoms with E-state index >= 15 is 0 Å². The van der Waals surface area contributed by atoms with E-state index in [-0.39, 0.29) is 20.9 Å². The van der Waals surface area contributed by atoms with Crippen LogP contribution in [0.1, 0.15) is 32.6 Å². The number of benzene rings is 1. The van der Waals surface area contributed by atoms with Crippen molar-refractivity contribution in [3.8, 4) is 0 Å². The molecule has 0 atom stereocenters. The van der Waals surface area contributed by atoms with Crippen LogP contribution in [0, 0.1) is 0 Å². The molecule has 0 fully saturated rings. The molecule has 0 spiro atoms. The fourth-order valence-electron chi connectivity index (χ4n) is 1.53. The molecule has 0 saturated heterocycles. The van der Waals surface area contributed by atoms with E-state index in [1.807, 2.05) is 18.2 Å². The molecule has 1 aromatic rings. The predicted molar refractivity (Wildman–Crippen MR) is 76.1 cm³/mol. The van der Waals surface area contributed by atoms with Crippen molar-refractivity contribution in [2.45, 2.75) is 32.6 Å². The van der Waals surface area contributed by atoms with Crippen LogP contribution in [-0.2, 0) is 9.53 Å². The zero-order chi connectivity index (χ0) is 13.2. The molecule has 98 valence electrons. The molecule has 0 unspecified atom stereocenters. The van der Waals surface area contributed by atoms with E-state index in [0.717, 1.165) is 12.8 Å². The summed E-state index contributed by atoms with van der Waals surface area (Å²) >= 11 is 0.225. The van der Waals surface area contributed by atoms with Crippen LogP contribution in [0.5, 0.6) is 0 Å². The van der Waals surface area contributed by atoms with Crippen LogP contribution in [0.2, 0.25) is 0 Å². The molecule has 0 aliphatic heterocycles. The molecule has 0 aliphatic carbocycles. The second-order valence-electron chi connectivity index (χ2n) is 4.01. The molecule has 2 nitrogen and oxygen atoms in total. The van der Waals surface area contributed by atoms with E-state index in [2.05, 4.69) is 19.1 Å². The number of carbonyl (C=O) groups excluding carboxylic acids is 1. The number of ether oxygens (including phenoxy) is 1. The molecule has 3 heteroatoms. The molecule has 0 N–H and O–H groups in total. The molecular weight excluding hydrogens is 291 g/mol. The van der Waals surface area contributed by atoms with Crippen LogP contribution < -0.4 is 4.46 Å². The normalized spacial score (nSPS) is 11.3. The van der Waals surface area contributed by atoms with Gasteiger partial charge >= 0.3 is 116 Å². The molecule has 0 heterocycles. The Labute approximate surface area is 116 Å². The fraction of sp³-hybridized carbons (Fsp3) is 0.400. The zero-order valence-corrected chi connectivity index (χ0v) is 12.7. The summed E-state index contributed by atoms with van der Waals surface area (Å²) in [6.07, 6.45) is 6.22. The van der Waals surface area contributed by atoms with E-state index in [4.69, 9.17) is 4.74 Å². The molecule has 1 rings (SSSR count). The second-order valence-corrected chi connectivity index (χ2v) is 6.52. The van der Waals surface area contributed by atoms with Gasteiger partial charge in [-0.3, -0.25) is 0 Å². The summed E-state index contributed by atoms with van der Waals surface area (Å²) in [6, 6.07) is 10.3. The molecule has 0 bridgehead atoms. The van der Waals surface area contributed by atoms with Gasteiger partial charge in [-0.15, -0.1) is 0 Å². The minimum atomic E-state index is -0.237. The van der Waals surface area contributed by atoms with Crippen LogP contribution in [0.3, 0.4) is 0 Å². The number of rotatable bonds is 7. The van der Waals surface area contributed by atoms with Crippen LogP contribution in [0.15, 0.2) is 40.9 Å². The van der Waals surface area contributed by atoms with Crippen molar-refractivity contribution >= 4 is 25.4 Å². The van der Waals surface area contributed by atoms with Gasteiger partial charge in [-0.2, -0.15) is 0 Å². The molecule has 0 amide bonds. The Morgan fingerprint density at radius 1 is 1.28 bits per heavy atom. The third-order valence-corrected chi connectivity index (χ3v) is 4.79. The van der Waals surface area contributed by atoms with Crippen molar-refractivity contribution in [2.24, 2.45) is 0 Å². The molecule has 1 aromatic carbocycles. The summed E-state index contributed by atoms with van der Waals surface area (Å²) in [4.78, 5) is 11.4. The van der Waals surface area contributed by atoms with Crippen LogP contribution in [-0.4, -0.2) is 28.0 Å². The standard InChI is InChI=1S/C15H20O2Se/c1-3-4-6-11-14(12-15(16)17-2)18-13-9-7-5-8-10-13/h5,7-10,12H,3-4,6,11H2,1-2H3/b14-12+. The maximum atomic E-state index is 11.4. The number of methoxy groups -OCH3 is 1. The molecule has 0 radical (unpaired) electrons. The van der Waals surface area contributed by atoms with Gasteiger partial charge in [0.05, 0.1) is 0 Å². The topological polar surface area (TPSA) is 26.3 Å². The van der Waals surface area contributed by atoms with Gasteiger partial charge in [0.15, 0.2) is 0 Å². The van der Waals surface area contributed by atoms with Gasteiger partial charge in [-0.25, -0.2) is 0 Å². The van der Waals surface area contributed by atoms with Crippen molar-refractivity contribution in [1.82, 2.24) is 0 Å². The van der Waals surface area contributed by atoms with Gasteiger partial charge in [-0.05, 0) is 0 Å². The Morgan fingerprint density at radius 3 is 2.61 bits per heavy atom. The summed E-state index contributed by atoms with van der Waals surface area (Å²) in [5.41, 5.74) is 0. The molecule has 0 saturated carbocycles. The summed E-state index contributed by atoms with van der Waals surface area (Å²) in [7, 11) is 1.43. The van der Waals surface area contributed by atoms with Gasteiger partial charge in [0.2, 0.25) is 0 Å². The summed E-state index contributed by atoms with van der Waals surface area (Å²) in [5, 5.41) is 0. The Kier molecular flexibility index (Phi) is 7.47. The Bertz CT molecular complexity index is 385. The van der Waals surface area contributed by atoms with Crippen molar-refractivity contribution in [2.75, 3.05) is 7.11 Å². The first-order chi connectivity index (χ1) is 8.76. The van der Waals surface area contributed by atoms with Gasteiger partial charge in [0.25, 0.3) is 0 Å². The molecular formula is C15H20O2Se. The Balaban J connectivity index is 2.65. The van der Waals surface area contributed by atoms with Crippen LogP contribution >= 0.6 is 0 Å². The number of carbonyl (C=O) groups is 1. The van der Waals surface area contributed by atoms with Crippen molar-refractivity contribution < 1.29 is 9.53 Å². The van der Waals surface area contributed by atoms with Gasteiger partial charge < -0.3 is 0 Å². The van der Waals surface area contributed by atoms with Gasteiger partial charge in [0.1, 0.15) is 0 Å². The van der Waals surface area contributed by atoms with E-state index in [9.17, 15) is 4.79 Å². The van der Waals surface area contributed by atoms with Gasteiger partial charge in [-0.1, -0.05) is 0 Å². The van der Waals surface area contributed by atoms with E-state index in [1.54, 1.807) is 6.08 Å². The van der Waals surface area contributed by atoms with Crippen molar-refractivity contribution in [1.29, 1.82) is 0 Å². The first-order valence-electron chi connectivity index (χ1n) is 6.27. The summed E-state index contributed by atoms with van der Waals surface area (Å²) in [6.45, 7) is 2.19. The zero-order valence-electron chi connectivity index (χ0n) is 11.0. The average Bonchev–Trinajstić information content (AvgIpc) is 2.40. The number of unbranched alkanes of at least 4 members (excludes halogenated alkanes) is 2. The number of hydrogen-bond donors (Lipinski definition) is 0. The van der Waals surface area contributed by atoms with E-state index < -0.39 is 0 Å². The number of hydrogen-bond acceptors (Lipinski definition) is 2. The fourth-order valence-corrected chi connectivity index (χ4v) is 3.63. The Hall–Kier alpha value is -1.05. The summed E-state index contributed by atoms with van der Waals surface area (Å²) in [5.74, 6) is -0.237. The van der Waals surface area contributed by atoms with Crippen molar-refractivity contribution in [3.05, 3.63) is 40.9 Å². The molecule has 0 aliphatic rings. The molecule has 0 aromatic heterocycles. The third-order valence-electron chi connectivity index (χ3n) is 2.50. The molecule has 18 heavy (non-hydrogen) atoms. The number of esters is 1. The van der Waals surface area contributed by atoms with Gasteiger partial charge in [0, 0.05) is 0 Å². The Morgan fingerprint density at radius 2 is 2.00 bits per heavy atom. The second kappa shape index (κ2) is 8.96. The average molecular weight is 311 g/mol. The SMILES string of the molecule is CCCCC/C(=C\C(=O)OC)[Se]c1ccccc1. The maximum absolute atomic E-state index is 11.4. The number of allylic oxidation sites excluding steroid dienone is 1. The first kappa shape index (κ1) is 15.0. The van der Waals surface area contributed by atoms with E-state index in [1.165, 1.54) is 28.9 Å². The quantitative estimate of drug-likeness (QED) is 0.335. The third kappa shape index (κ3) is 6.04. The minimum absolute atomic E-state index is 0.225. The van der Waals surface area contributed by atoms with Crippen molar-refractivity contribution in [3.63, 3.8) is 0 Å². The monoisotopic (exact) mass is 312 g/mol. The van der Waals surface area contributed by atoms with E-state index in [0.29, 0.717) is 0 Å². The first-order valence-corrected chi connectivity index (χ1v) is 7.99. The van der Waals surface area contributed by atoms with Crippen LogP contribution in [0.4, 0.5) is 0 Å². The predicted octanol–water partition coefficient (Wildman–Crippen LogP) is 2.65. The van der Waals surface area contributed by atoms with Crippen LogP contribution in [0.25, 0.3) is 0 Å². The summed E-state index contributed by atoms with van der Waals surface area (Å²) < 4.78 is 7.24.